The van der Waals surface area contributed by atoms with Crippen molar-refractivity contribution in [1.29, 1.82) is 0 Å². The van der Waals surface area contributed by atoms with Gasteiger partial charge in [-0.05, 0) is 57.7 Å². The highest BCUT2D eigenvalue weighted by molar-refractivity contribution is 5.99. The zero-order chi connectivity index (χ0) is 21.8. The predicted octanol–water partition coefficient (Wildman–Crippen LogP) is 2.61. The number of ether oxygens (including phenoxy) is 1. The van der Waals surface area contributed by atoms with Gasteiger partial charge >= 0.3 is 0 Å². The summed E-state index contributed by atoms with van der Waals surface area (Å²) < 4.78 is 5.88. The summed E-state index contributed by atoms with van der Waals surface area (Å²) in [5.74, 6) is 0.761. The zero-order valence-electron chi connectivity index (χ0n) is 18.8. The van der Waals surface area contributed by atoms with E-state index in [2.05, 4.69) is 20.1 Å². The molecule has 0 unspecified atom stereocenters. The Labute approximate surface area is 184 Å². The number of carbonyl (C=O) groups excluding carboxylic acids is 1. The van der Waals surface area contributed by atoms with Crippen LogP contribution in [-0.2, 0) is 0 Å². The number of aromatic nitrogens is 1. The van der Waals surface area contributed by atoms with Crippen LogP contribution < -0.4 is 10.1 Å². The zero-order valence-corrected chi connectivity index (χ0v) is 18.8. The van der Waals surface area contributed by atoms with Crippen LogP contribution in [0.1, 0.15) is 50.0 Å². The van der Waals surface area contributed by atoms with Crippen molar-refractivity contribution in [2.45, 2.75) is 57.8 Å². The third-order valence-corrected chi connectivity index (χ3v) is 6.44. The first-order chi connectivity index (χ1) is 15.0. The molecule has 2 fully saturated rings. The van der Waals surface area contributed by atoms with E-state index >= 15 is 0 Å². The Kier molecular flexibility index (Phi) is 7.15. The number of H-pyrrole nitrogens is 1. The first-order valence-corrected chi connectivity index (χ1v) is 11.7. The van der Waals surface area contributed by atoms with Gasteiger partial charge in [-0.25, -0.2) is 0 Å². The second-order valence-electron chi connectivity index (χ2n) is 9.23. The van der Waals surface area contributed by atoms with Gasteiger partial charge < -0.3 is 29.9 Å². The van der Waals surface area contributed by atoms with Gasteiger partial charge in [0.1, 0.15) is 11.4 Å². The molecular weight excluding hydrogens is 392 g/mol. The quantitative estimate of drug-likeness (QED) is 0.632. The molecule has 3 N–H and O–H groups in total. The van der Waals surface area contributed by atoms with Crippen LogP contribution in [-0.4, -0.2) is 83.3 Å². The molecule has 1 aromatic carbocycles. The normalized spacial score (nSPS) is 19.9. The SMILES string of the molecule is CC(C)Oc1cccc2[nH]c(C(=O)NC3CCN(CCN4CCC(O)CC4)CC3)cc12. The Morgan fingerprint density at radius 2 is 1.77 bits per heavy atom. The molecular formula is C24H36N4O3. The van der Waals surface area contributed by atoms with Crippen molar-refractivity contribution in [1.82, 2.24) is 20.1 Å². The number of rotatable bonds is 7. The summed E-state index contributed by atoms with van der Waals surface area (Å²) in [5.41, 5.74) is 1.51. The molecule has 0 atom stereocenters. The number of hydrogen-bond donors (Lipinski definition) is 3. The second-order valence-corrected chi connectivity index (χ2v) is 9.23. The van der Waals surface area contributed by atoms with Gasteiger partial charge in [0, 0.05) is 56.2 Å². The van der Waals surface area contributed by atoms with Crippen molar-refractivity contribution in [3.63, 3.8) is 0 Å². The fraction of sp³-hybridized carbons (Fsp3) is 0.625. The molecule has 0 aliphatic carbocycles. The average Bonchev–Trinajstić information content (AvgIpc) is 3.20. The fourth-order valence-corrected chi connectivity index (χ4v) is 4.60. The number of aliphatic hydroxyl groups is 1. The van der Waals surface area contributed by atoms with E-state index in [9.17, 15) is 9.90 Å². The predicted molar refractivity (Wildman–Crippen MR) is 123 cm³/mol. The number of likely N-dealkylation sites (tertiary alicyclic amines) is 2. The number of nitrogens with zero attached hydrogens (tertiary/aromatic N) is 2. The van der Waals surface area contributed by atoms with E-state index in [-0.39, 0.29) is 24.2 Å². The third-order valence-electron chi connectivity index (χ3n) is 6.44. The summed E-state index contributed by atoms with van der Waals surface area (Å²) in [6.45, 7) is 10.2. The van der Waals surface area contributed by atoms with E-state index in [0.29, 0.717) is 5.69 Å². The lowest BCUT2D eigenvalue weighted by atomic mass is 10.0. The highest BCUT2D eigenvalue weighted by Crippen LogP contribution is 2.27. The summed E-state index contributed by atoms with van der Waals surface area (Å²) in [7, 11) is 0. The number of hydrogen-bond acceptors (Lipinski definition) is 5. The minimum atomic E-state index is -0.109. The summed E-state index contributed by atoms with van der Waals surface area (Å²) in [4.78, 5) is 21.0. The monoisotopic (exact) mass is 428 g/mol. The van der Waals surface area contributed by atoms with Gasteiger partial charge in [0.05, 0.1) is 12.2 Å². The Bertz CT molecular complexity index is 865. The number of carbonyl (C=O) groups is 1. The molecule has 3 heterocycles. The minimum Gasteiger partial charge on any atom is -0.490 e. The van der Waals surface area contributed by atoms with E-state index in [1.807, 2.05) is 38.1 Å². The lowest BCUT2D eigenvalue weighted by Crippen LogP contribution is -2.47. The van der Waals surface area contributed by atoms with Crippen molar-refractivity contribution in [3.05, 3.63) is 30.0 Å². The Morgan fingerprint density at radius 1 is 1.13 bits per heavy atom. The number of nitrogens with one attached hydrogen (secondary N) is 2. The maximum atomic E-state index is 12.8. The lowest BCUT2D eigenvalue weighted by molar-refractivity contribution is 0.0729. The molecule has 1 amide bonds. The van der Waals surface area contributed by atoms with Crippen molar-refractivity contribution in [2.75, 3.05) is 39.3 Å². The summed E-state index contributed by atoms with van der Waals surface area (Å²) in [6.07, 6.45) is 3.73. The maximum absolute atomic E-state index is 12.8. The van der Waals surface area contributed by atoms with Crippen molar-refractivity contribution in [3.8, 4) is 5.75 Å². The molecule has 2 aliphatic rings. The molecule has 0 spiro atoms. The highest BCUT2D eigenvalue weighted by Gasteiger charge is 2.23. The number of aromatic amines is 1. The van der Waals surface area contributed by atoms with Crippen molar-refractivity contribution < 1.29 is 14.6 Å². The topological polar surface area (TPSA) is 80.8 Å². The van der Waals surface area contributed by atoms with Crippen LogP contribution in [0, 0.1) is 0 Å². The van der Waals surface area contributed by atoms with Crippen LogP contribution in [0.2, 0.25) is 0 Å². The third kappa shape index (κ3) is 5.79. The first kappa shape index (κ1) is 22.1. The van der Waals surface area contributed by atoms with Gasteiger partial charge in [-0.2, -0.15) is 0 Å². The second kappa shape index (κ2) is 10.0. The van der Waals surface area contributed by atoms with Crippen LogP contribution in [0.15, 0.2) is 24.3 Å². The molecule has 4 rings (SSSR count). The molecule has 2 aliphatic heterocycles. The summed E-state index contributed by atoms with van der Waals surface area (Å²) in [5, 5.41) is 13.8. The molecule has 170 valence electrons. The number of benzene rings is 1. The largest absolute Gasteiger partial charge is 0.490 e. The van der Waals surface area contributed by atoms with Crippen LogP contribution in [0.25, 0.3) is 10.9 Å². The number of fused-ring (bicyclic) bond motifs is 1. The molecule has 7 nitrogen and oxygen atoms in total. The molecule has 2 aromatic rings. The molecule has 0 saturated carbocycles. The van der Waals surface area contributed by atoms with Crippen LogP contribution >= 0.6 is 0 Å². The summed E-state index contributed by atoms with van der Waals surface area (Å²) in [6, 6.07) is 7.97. The molecule has 31 heavy (non-hydrogen) atoms. The standard InChI is InChI=1S/C24H36N4O3/c1-17(2)31-23-5-3-4-21-20(23)16-22(26-21)24(30)25-18-6-10-27(11-7-18)14-15-28-12-8-19(29)9-13-28/h3-5,16-19,26,29H,6-15H2,1-2H3,(H,25,30). The van der Waals surface area contributed by atoms with Crippen molar-refractivity contribution in [2.24, 2.45) is 0 Å². The van der Waals surface area contributed by atoms with Gasteiger partial charge in [-0.15, -0.1) is 0 Å². The van der Waals surface area contributed by atoms with E-state index in [1.165, 1.54) is 0 Å². The van der Waals surface area contributed by atoms with Gasteiger partial charge in [0.15, 0.2) is 0 Å². The molecule has 0 bridgehead atoms. The highest BCUT2D eigenvalue weighted by atomic mass is 16.5. The smallest absolute Gasteiger partial charge is 0.267 e. The van der Waals surface area contributed by atoms with Crippen LogP contribution in [0.5, 0.6) is 5.75 Å². The van der Waals surface area contributed by atoms with E-state index in [4.69, 9.17) is 4.74 Å². The number of amides is 1. The van der Waals surface area contributed by atoms with Gasteiger partial charge in [-0.3, -0.25) is 4.79 Å². The maximum Gasteiger partial charge on any atom is 0.267 e. The van der Waals surface area contributed by atoms with Gasteiger partial charge in [0.25, 0.3) is 5.91 Å². The van der Waals surface area contributed by atoms with E-state index in [1.54, 1.807) is 0 Å². The lowest BCUT2D eigenvalue weighted by Gasteiger charge is -2.35. The minimum absolute atomic E-state index is 0.0444. The fourth-order valence-electron chi connectivity index (χ4n) is 4.60. The molecule has 1 aromatic heterocycles. The Hall–Kier alpha value is -2.09. The van der Waals surface area contributed by atoms with Crippen LogP contribution in [0.3, 0.4) is 0 Å². The van der Waals surface area contributed by atoms with Crippen molar-refractivity contribution >= 4 is 16.8 Å². The Balaban J connectivity index is 1.25. The van der Waals surface area contributed by atoms with E-state index in [0.717, 1.165) is 81.6 Å². The van der Waals surface area contributed by atoms with Gasteiger partial charge in [0.2, 0.25) is 0 Å². The average molecular weight is 429 g/mol. The summed E-state index contributed by atoms with van der Waals surface area (Å²) >= 11 is 0. The first-order valence-electron chi connectivity index (χ1n) is 11.7. The Morgan fingerprint density at radius 3 is 2.42 bits per heavy atom. The molecule has 7 heteroatoms. The van der Waals surface area contributed by atoms with Crippen LogP contribution in [0.4, 0.5) is 0 Å². The van der Waals surface area contributed by atoms with Gasteiger partial charge in [-0.1, -0.05) is 6.07 Å². The van der Waals surface area contributed by atoms with E-state index < -0.39 is 0 Å². The number of aliphatic hydroxyl groups excluding tert-OH is 1. The molecule has 0 radical (unpaired) electrons. The molecule has 2 saturated heterocycles. The number of piperidine rings is 2.